The highest BCUT2D eigenvalue weighted by Crippen LogP contribution is 2.52. The van der Waals surface area contributed by atoms with Crippen LogP contribution < -0.4 is 0 Å². The lowest BCUT2D eigenvalue weighted by molar-refractivity contribution is -0.875. The number of quaternary nitrogens is 1. The van der Waals surface area contributed by atoms with Gasteiger partial charge in [0.2, 0.25) is 5.34 Å². The third-order valence-corrected chi connectivity index (χ3v) is 6.72. The fraction of sp³-hybridized carbons (Fsp3) is 0.833. The molecule has 0 amide bonds. The highest BCUT2D eigenvalue weighted by molar-refractivity contribution is 7.53. The number of rotatable bonds is 19. The fourth-order valence-electron chi connectivity index (χ4n) is 3.63. The van der Waals surface area contributed by atoms with Crippen LogP contribution in [0.1, 0.15) is 96.8 Å². The Kier molecular flexibility index (Phi) is 16.0. The van der Waals surface area contributed by atoms with Gasteiger partial charge in [0.05, 0.1) is 21.1 Å². The Balaban J connectivity index is 3.79. The van der Waals surface area contributed by atoms with E-state index in [0.717, 1.165) is 32.1 Å². The Morgan fingerprint density at radius 2 is 1.17 bits per heavy atom. The third kappa shape index (κ3) is 16.3. The number of likely N-dealkylation sites (N-methyl/N-ethyl adjacent to an activating group) is 1. The van der Waals surface area contributed by atoms with E-state index >= 15 is 0 Å². The Labute approximate surface area is 186 Å². The summed E-state index contributed by atoms with van der Waals surface area (Å²) in [4.78, 5) is 19.1. The highest BCUT2D eigenvalue weighted by atomic mass is 31.2. The van der Waals surface area contributed by atoms with Crippen LogP contribution in [-0.4, -0.2) is 52.4 Å². The van der Waals surface area contributed by atoms with Crippen molar-refractivity contribution in [2.24, 2.45) is 0 Å². The van der Waals surface area contributed by atoms with Crippen molar-refractivity contribution in [1.29, 1.82) is 0 Å². The average Bonchev–Trinajstić information content (AvgIpc) is 2.62. The molecular formula is C24H49NO4P+. The predicted octanol–water partition coefficient (Wildman–Crippen LogP) is 6.15. The molecule has 0 saturated carbocycles. The molecule has 0 saturated heterocycles. The SMILES string of the molecule is CCCCCCCC/C=C\CC/C=C\CCCCCC(O)(C[N+](C)(C)C)P(=O)(O)O. The van der Waals surface area contributed by atoms with Crippen molar-refractivity contribution in [1.82, 2.24) is 0 Å². The van der Waals surface area contributed by atoms with Crippen molar-refractivity contribution < 1.29 is 23.9 Å². The molecule has 0 heterocycles. The van der Waals surface area contributed by atoms with Gasteiger partial charge in [0, 0.05) is 0 Å². The van der Waals surface area contributed by atoms with Crippen LogP contribution in [0.25, 0.3) is 0 Å². The van der Waals surface area contributed by atoms with Crippen LogP contribution in [0.5, 0.6) is 0 Å². The predicted molar refractivity (Wildman–Crippen MR) is 128 cm³/mol. The molecule has 0 bridgehead atoms. The first-order valence-corrected chi connectivity index (χ1v) is 13.5. The van der Waals surface area contributed by atoms with Gasteiger partial charge in [-0.1, -0.05) is 69.8 Å². The largest absolute Gasteiger partial charge is 0.373 e. The van der Waals surface area contributed by atoms with Gasteiger partial charge in [-0.3, -0.25) is 4.57 Å². The van der Waals surface area contributed by atoms with E-state index in [-0.39, 0.29) is 13.0 Å². The van der Waals surface area contributed by atoms with Crippen LogP contribution in [0.15, 0.2) is 24.3 Å². The van der Waals surface area contributed by atoms with E-state index in [4.69, 9.17) is 0 Å². The summed E-state index contributed by atoms with van der Waals surface area (Å²) in [5, 5.41) is 8.58. The van der Waals surface area contributed by atoms with Crippen molar-refractivity contribution in [3.8, 4) is 0 Å². The van der Waals surface area contributed by atoms with Crippen molar-refractivity contribution in [2.45, 2.75) is 102 Å². The normalized spacial score (nSPS) is 15.3. The van der Waals surface area contributed by atoms with Crippen molar-refractivity contribution in [2.75, 3.05) is 27.7 Å². The smallest absolute Gasteiger partial charge is 0.362 e. The van der Waals surface area contributed by atoms with Crippen LogP contribution >= 0.6 is 7.60 Å². The first-order chi connectivity index (χ1) is 14.0. The van der Waals surface area contributed by atoms with Gasteiger partial charge in [0.15, 0.2) is 0 Å². The van der Waals surface area contributed by atoms with Gasteiger partial charge >= 0.3 is 7.60 Å². The zero-order chi connectivity index (χ0) is 22.9. The number of hydrogen-bond acceptors (Lipinski definition) is 2. The zero-order valence-corrected chi connectivity index (χ0v) is 21.0. The number of allylic oxidation sites excluding steroid dienone is 4. The third-order valence-electron chi connectivity index (χ3n) is 5.28. The van der Waals surface area contributed by atoms with Gasteiger partial charge in [0.25, 0.3) is 0 Å². The molecule has 0 aromatic carbocycles. The fourth-order valence-corrected chi connectivity index (χ4v) is 4.69. The van der Waals surface area contributed by atoms with Crippen molar-refractivity contribution in [3.63, 3.8) is 0 Å². The van der Waals surface area contributed by atoms with Gasteiger partial charge in [-0.25, -0.2) is 0 Å². The highest BCUT2D eigenvalue weighted by Gasteiger charge is 2.48. The molecule has 5 nitrogen and oxygen atoms in total. The van der Waals surface area contributed by atoms with Crippen molar-refractivity contribution in [3.05, 3.63) is 24.3 Å². The van der Waals surface area contributed by atoms with E-state index in [1.165, 1.54) is 44.9 Å². The number of aliphatic hydroxyl groups is 1. The standard InChI is InChI=1S/C24H48NO4P/c1-5-6-7-8-9-10-11-12-13-14-15-16-17-18-19-20-21-22-24(26,30(27,28)29)23-25(2,3)4/h12-13,16-17,26H,5-11,14-15,18-23H2,1-4H3,(H-,27,28,29)/p+1/b13-12-,17-16-. The first-order valence-electron chi connectivity index (χ1n) is 11.9. The van der Waals surface area contributed by atoms with Crippen LogP contribution in [0.4, 0.5) is 0 Å². The number of nitrogens with zero attached hydrogens (tertiary/aromatic N) is 1. The van der Waals surface area contributed by atoms with E-state index in [0.29, 0.717) is 10.9 Å². The summed E-state index contributed by atoms with van der Waals surface area (Å²) >= 11 is 0. The van der Waals surface area contributed by atoms with Gasteiger partial charge in [-0.15, -0.1) is 0 Å². The average molecular weight is 447 g/mol. The summed E-state index contributed by atoms with van der Waals surface area (Å²) in [5.41, 5.74) is 0. The van der Waals surface area contributed by atoms with E-state index in [1.807, 2.05) is 21.1 Å². The number of unbranched alkanes of at least 4 members (excludes halogenated alkanes) is 10. The maximum atomic E-state index is 11.8. The summed E-state index contributed by atoms with van der Waals surface area (Å²) in [7, 11) is 0.930. The molecule has 30 heavy (non-hydrogen) atoms. The van der Waals surface area contributed by atoms with E-state index in [9.17, 15) is 19.5 Å². The minimum atomic E-state index is -4.56. The lowest BCUT2D eigenvalue weighted by atomic mass is 10.1. The Hall–Kier alpha value is -0.450. The Bertz CT molecular complexity index is 522. The molecule has 0 aliphatic heterocycles. The molecule has 0 rings (SSSR count). The van der Waals surface area contributed by atoms with E-state index in [2.05, 4.69) is 31.2 Å². The van der Waals surface area contributed by atoms with Gasteiger partial charge in [-0.05, 0) is 51.4 Å². The molecule has 3 N–H and O–H groups in total. The first kappa shape index (κ1) is 29.5. The van der Waals surface area contributed by atoms with Gasteiger partial charge < -0.3 is 19.4 Å². The molecule has 0 radical (unpaired) electrons. The summed E-state index contributed by atoms with van der Waals surface area (Å²) < 4.78 is 12.1. The minimum Gasteiger partial charge on any atom is -0.373 e. The Morgan fingerprint density at radius 1 is 0.733 bits per heavy atom. The van der Waals surface area contributed by atoms with E-state index < -0.39 is 12.9 Å². The van der Waals surface area contributed by atoms with Gasteiger partial charge in [0.1, 0.15) is 6.54 Å². The van der Waals surface area contributed by atoms with E-state index in [1.54, 1.807) is 0 Å². The molecule has 1 atom stereocenters. The topological polar surface area (TPSA) is 77.8 Å². The lowest BCUT2D eigenvalue weighted by Gasteiger charge is -2.35. The second-order valence-corrected chi connectivity index (χ2v) is 11.6. The summed E-state index contributed by atoms with van der Waals surface area (Å²) in [5.74, 6) is 0. The number of hydrogen-bond donors (Lipinski definition) is 3. The molecule has 0 aromatic heterocycles. The van der Waals surface area contributed by atoms with Crippen LogP contribution in [0.3, 0.4) is 0 Å². The second-order valence-electron chi connectivity index (χ2n) is 9.65. The quantitative estimate of drug-likeness (QED) is 0.0962. The van der Waals surface area contributed by atoms with Crippen LogP contribution in [0, 0.1) is 0 Å². The molecule has 0 aromatic rings. The maximum Gasteiger partial charge on any atom is 0.362 e. The molecule has 0 aliphatic rings. The summed E-state index contributed by atoms with van der Waals surface area (Å²) in [6, 6.07) is 0. The Morgan fingerprint density at radius 3 is 1.63 bits per heavy atom. The lowest BCUT2D eigenvalue weighted by Crippen LogP contribution is -2.49. The molecule has 0 fully saturated rings. The molecule has 0 aliphatic carbocycles. The van der Waals surface area contributed by atoms with Crippen molar-refractivity contribution >= 4 is 7.60 Å². The van der Waals surface area contributed by atoms with Crippen LogP contribution in [-0.2, 0) is 4.57 Å². The summed E-state index contributed by atoms with van der Waals surface area (Å²) in [6.45, 7) is 2.30. The zero-order valence-electron chi connectivity index (χ0n) is 20.1. The minimum absolute atomic E-state index is 0.0452. The molecule has 178 valence electrons. The van der Waals surface area contributed by atoms with Crippen LogP contribution in [0.2, 0.25) is 0 Å². The maximum absolute atomic E-state index is 11.8. The molecule has 1 unspecified atom stereocenters. The second kappa shape index (κ2) is 16.2. The molecule has 0 spiro atoms. The monoisotopic (exact) mass is 446 g/mol. The molecular weight excluding hydrogens is 397 g/mol. The molecule has 6 heteroatoms. The van der Waals surface area contributed by atoms with Gasteiger partial charge in [-0.2, -0.15) is 0 Å². The summed E-state index contributed by atoms with van der Waals surface area (Å²) in [6.07, 6.45) is 24.0.